The molecule has 2 amide bonds. The summed E-state index contributed by atoms with van der Waals surface area (Å²) < 4.78 is 21.9. The van der Waals surface area contributed by atoms with E-state index in [4.69, 9.17) is 18.9 Å². The molecule has 2 aliphatic heterocycles. The summed E-state index contributed by atoms with van der Waals surface area (Å²) in [4.78, 5) is 40.3. The van der Waals surface area contributed by atoms with E-state index in [1.807, 2.05) is 0 Å². The van der Waals surface area contributed by atoms with Gasteiger partial charge in [0, 0.05) is 31.3 Å². The number of nitrogens with zero attached hydrogens (tertiary/aromatic N) is 1. The fraction of sp³-hybridized carbons (Fsp3) is 0.609. The maximum absolute atomic E-state index is 13.1. The van der Waals surface area contributed by atoms with E-state index in [1.165, 1.54) is 6.92 Å². The minimum atomic E-state index is -0.994. The number of carbonyl (C=O) groups excluding carboxylic acids is 3. The number of esters is 1. The Bertz CT molecular complexity index is 860. The van der Waals surface area contributed by atoms with Gasteiger partial charge in [-0.15, -0.1) is 0 Å². The molecule has 0 aromatic heterocycles. The summed E-state index contributed by atoms with van der Waals surface area (Å²) in [6.45, 7) is 4.58. The number of rotatable bonds is 6. The van der Waals surface area contributed by atoms with Gasteiger partial charge in [0.2, 0.25) is 5.91 Å². The number of morpholine rings is 1. The number of nitrogens with one attached hydrogen (secondary N) is 1. The minimum absolute atomic E-state index is 0.0551. The maximum atomic E-state index is 13.1. The van der Waals surface area contributed by atoms with Crippen LogP contribution in [0.25, 0.3) is 0 Å². The van der Waals surface area contributed by atoms with E-state index in [0.29, 0.717) is 69.5 Å². The summed E-state index contributed by atoms with van der Waals surface area (Å²) in [6.07, 6.45) is 2.04. The van der Waals surface area contributed by atoms with Gasteiger partial charge in [-0.25, -0.2) is 0 Å². The van der Waals surface area contributed by atoms with Crippen molar-refractivity contribution in [2.24, 2.45) is 5.41 Å². The minimum Gasteiger partial charge on any atom is -0.486 e. The van der Waals surface area contributed by atoms with Crippen LogP contribution in [0, 0.1) is 5.41 Å². The number of amides is 2. The Morgan fingerprint density at radius 1 is 1.06 bits per heavy atom. The Morgan fingerprint density at radius 3 is 2.47 bits per heavy atom. The van der Waals surface area contributed by atoms with Crippen LogP contribution < -0.4 is 14.8 Å². The second kappa shape index (κ2) is 9.77. The third-order valence-electron chi connectivity index (χ3n) is 6.31. The largest absolute Gasteiger partial charge is 0.486 e. The van der Waals surface area contributed by atoms with E-state index in [9.17, 15) is 14.4 Å². The van der Waals surface area contributed by atoms with Crippen molar-refractivity contribution in [3.63, 3.8) is 0 Å². The number of anilines is 1. The zero-order chi connectivity index (χ0) is 22.6. The van der Waals surface area contributed by atoms with Crippen LogP contribution in [0.5, 0.6) is 11.5 Å². The van der Waals surface area contributed by atoms with Gasteiger partial charge in [-0.3, -0.25) is 14.4 Å². The molecule has 1 aromatic carbocycles. The Labute approximate surface area is 187 Å². The fourth-order valence-corrected chi connectivity index (χ4v) is 4.42. The van der Waals surface area contributed by atoms with Crippen molar-refractivity contribution < 1.29 is 33.3 Å². The average Bonchev–Trinajstić information content (AvgIpc) is 3.29. The lowest BCUT2D eigenvalue weighted by atomic mass is 9.82. The van der Waals surface area contributed by atoms with Gasteiger partial charge in [0.1, 0.15) is 13.2 Å². The van der Waals surface area contributed by atoms with Crippen LogP contribution in [0.2, 0.25) is 0 Å². The molecule has 1 saturated heterocycles. The highest BCUT2D eigenvalue weighted by Gasteiger charge is 2.46. The van der Waals surface area contributed by atoms with Gasteiger partial charge < -0.3 is 29.2 Å². The van der Waals surface area contributed by atoms with Gasteiger partial charge in [-0.05, 0) is 31.9 Å². The second-order valence-electron chi connectivity index (χ2n) is 8.55. The zero-order valence-corrected chi connectivity index (χ0v) is 18.4. The summed E-state index contributed by atoms with van der Waals surface area (Å²) in [5.41, 5.74) is -0.332. The van der Waals surface area contributed by atoms with Gasteiger partial charge in [-0.1, -0.05) is 12.8 Å². The summed E-state index contributed by atoms with van der Waals surface area (Å²) >= 11 is 0. The molecule has 32 heavy (non-hydrogen) atoms. The van der Waals surface area contributed by atoms with Gasteiger partial charge in [-0.2, -0.15) is 0 Å². The monoisotopic (exact) mass is 446 g/mol. The molecule has 0 bridgehead atoms. The van der Waals surface area contributed by atoms with Crippen LogP contribution in [0.15, 0.2) is 18.2 Å². The lowest BCUT2D eigenvalue weighted by Gasteiger charge is -2.32. The van der Waals surface area contributed by atoms with Gasteiger partial charge in [0.05, 0.1) is 18.6 Å². The molecule has 4 rings (SSSR count). The molecule has 1 N–H and O–H groups in total. The standard InChI is InChI=1S/C23H30N2O7/c1-16(21(27)24-17-4-5-18-19(14-17)31-13-12-30-18)32-22(28)23(6-2-3-7-23)15-20(26)25-8-10-29-11-9-25/h4-5,14,16H,2-3,6-13,15H2,1H3,(H,24,27)/t16-/m0/s1. The number of benzene rings is 1. The topological polar surface area (TPSA) is 103 Å². The summed E-state index contributed by atoms with van der Waals surface area (Å²) in [7, 11) is 0. The second-order valence-corrected chi connectivity index (χ2v) is 8.55. The molecule has 9 heteroatoms. The van der Waals surface area contributed by atoms with Crippen LogP contribution in [0.1, 0.15) is 39.0 Å². The molecular weight excluding hydrogens is 416 g/mol. The molecule has 0 unspecified atom stereocenters. The highest BCUT2D eigenvalue weighted by molar-refractivity contribution is 5.96. The molecule has 2 heterocycles. The molecule has 9 nitrogen and oxygen atoms in total. The Morgan fingerprint density at radius 2 is 1.75 bits per heavy atom. The first-order chi connectivity index (χ1) is 15.5. The van der Waals surface area contributed by atoms with Crippen molar-refractivity contribution in [3.8, 4) is 11.5 Å². The number of hydrogen-bond donors (Lipinski definition) is 1. The summed E-state index contributed by atoms with van der Waals surface area (Å²) in [5.74, 6) is 0.219. The van der Waals surface area contributed by atoms with E-state index in [1.54, 1.807) is 23.1 Å². The number of carbonyl (C=O) groups is 3. The molecule has 3 aliphatic rings. The number of fused-ring (bicyclic) bond motifs is 1. The van der Waals surface area contributed by atoms with E-state index >= 15 is 0 Å². The lowest BCUT2D eigenvalue weighted by molar-refractivity contribution is -0.166. The summed E-state index contributed by atoms with van der Waals surface area (Å²) in [5, 5.41) is 2.75. The van der Waals surface area contributed by atoms with Gasteiger partial charge >= 0.3 is 5.97 Å². The van der Waals surface area contributed by atoms with Crippen molar-refractivity contribution in [3.05, 3.63) is 18.2 Å². The van der Waals surface area contributed by atoms with Crippen molar-refractivity contribution >= 4 is 23.5 Å². The number of ether oxygens (including phenoxy) is 4. The van der Waals surface area contributed by atoms with Crippen LogP contribution in [0.3, 0.4) is 0 Å². The smallest absolute Gasteiger partial charge is 0.313 e. The lowest BCUT2D eigenvalue weighted by Crippen LogP contribution is -2.45. The third-order valence-corrected chi connectivity index (χ3v) is 6.31. The first-order valence-electron chi connectivity index (χ1n) is 11.2. The van der Waals surface area contributed by atoms with Gasteiger partial charge in [0.25, 0.3) is 5.91 Å². The first kappa shape index (κ1) is 22.4. The summed E-state index contributed by atoms with van der Waals surface area (Å²) in [6, 6.07) is 5.12. The average molecular weight is 447 g/mol. The Balaban J connectivity index is 1.36. The predicted octanol–water partition coefficient (Wildman–Crippen LogP) is 2.14. The van der Waals surface area contributed by atoms with E-state index in [0.717, 1.165) is 12.8 Å². The molecule has 2 fully saturated rings. The molecular formula is C23H30N2O7. The van der Waals surface area contributed by atoms with E-state index < -0.39 is 23.4 Å². The van der Waals surface area contributed by atoms with E-state index in [2.05, 4.69) is 5.32 Å². The highest BCUT2D eigenvalue weighted by Crippen LogP contribution is 2.43. The Hall–Kier alpha value is -2.81. The van der Waals surface area contributed by atoms with E-state index in [-0.39, 0.29) is 12.3 Å². The predicted molar refractivity (Wildman–Crippen MR) is 115 cm³/mol. The SMILES string of the molecule is C[C@H](OC(=O)C1(CC(=O)N2CCOCC2)CCCC1)C(=O)Nc1ccc2c(c1)OCCO2. The quantitative estimate of drug-likeness (QED) is 0.668. The molecule has 1 aliphatic carbocycles. The molecule has 174 valence electrons. The fourth-order valence-electron chi connectivity index (χ4n) is 4.42. The maximum Gasteiger partial charge on any atom is 0.313 e. The molecule has 1 saturated carbocycles. The van der Waals surface area contributed by atoms with Crippen molar-refractivity contribution in [2.75, 3.05) is 44.8 Å². The van der Waals surface area contributed by atoms with Crippen molar-refractivity contribution in [2.45, 2.75) is 45.1 Å². The third kappa shape index (κ3) is 4.98. The van der Waals surface area contributed by atoms with Gasteiger partial charge in [0.15, 0.2) is 17.6 Å². The first-order valence-corrected chi connectivity index (χ1v) is 11.2. The zero-order valence-electron chi connectivity index (χ0n) is 18.4. The van der Waals surface area contributed by atoms with Crippen molar-refractivity contribution in [1.29, 1.82) is 0 Å². The molecule has 1 atom stereocenters. The Kier molecular flexibility index (Phi) is 6.83. The van der Waals surface area contributed by atoms with Crippen LogP contribution in [0.4, 0.5) is 5.69 Å². The highest BCUT2D eigenvalue weighted by atomic mass is 16.6. The number of hydrogen-bond acceptors (Lipinski definition) is 7. The van der Waals surface area contributed by atoms with Crippen LogP contribution in [-0.4, -0.2) is 68.3 Å². The van der Waals surface area contributed by atoms with Crippen LogP contribution >= 0.6 is 0 Å². The molecule has 1 aromatic rings. The molecule has 0 radical (unpaired) electrons. The molecule has 0 spiro atoms. The van der Waals surface area contributed by atoms with Crippen molar-refractivity contribution in [1.82, 2.24) is 4.90 Å². The normalized spacial score (nSPS) is 20.3. The van der Waals surface area contributed by atoms with Crippen LogP contribution in [-0.2, 0) is 23.9 Å².